The zero-order valence-corrected chi connectivity index (χ0v) is 15.4. The SMILES string of the molecule is Cc1cc(NC(=O)[C@H](c2ccccc2)N2CCC[C@H]2c2ccsc2)no1. The lowest BCUT2D eigenvalue weighted by molar-refractivity contribution is -0.122. The predicted octanol–water partition coefficient (Wildman–Crippen LogP) is 4.56. The molecular formula is C20H21N3O2S. The van der Waals surface area contributed by atoms with Crippen LogP contribution in [0.1, 0.15) is 41.8 Å². The summed E-state index contributed by atoms with van der Waals surface area (Å²) in [6.45, 7) is 2.70. The minimum absolute atomic E-state index is 0.0772. The van der Waals surface area contributed by atoms with Gasteiger partial charge in [0.1, 0.15) is 11.8 Å². The molecule has 2 atom stereocenters. The van der Waals surface area contributed by atoms with E-state index in [0.717, 1.165) is 24.9 Å². The van der Waals surface area contributed by atoms with Crippen molar-refractivity contribution in [1.29, 1.82) is 0 Å². The fourth-order valence-corrected chi connectivity index (χ4v) is 4.38. The van der Waals surface area contributed by atoms with Crippen LogP contribution in [-0.4, -0.2) is 22.5 Å². The number of nitrogens with one attached hydrogen (secondary N) is 1. The smallest absolute Gasteiger partial charge is 0.247 e. The molecule has 1 aliphatic rings. The van der Waals surface area contributed by atoms with Gasteiger partial charge >= 0.3 is 0 Å². The third-order valence-electron chi connectivity index (χ3n) is 4.80. The van der Waals surface area contributed by atoms with Gasteiger partial charge in [-0.2, -0.15) is 11.3 Å². The molecule has 1 aliphatic heterocycles. The first-order valence-electron chi connectivity index (χ1n) is 8.79. The van der Waals surface area contributed by atoms with Gasteiger partial charge in [0.15, 0.2) is 5.82 Å². The van der Waals surface area contributed by atoms with Gasteiger partial charge in [-0.3, -0.25) is 9.69 Å². The van der Waals surface area contributed by atoms with Crippen LogP contribution >= 0.6 is 11.3 Å². The molecule has 0 spiro atoms. The minimum atomic E-state index is -0.361. The van der Waals surface area contributed by atoms with E-state index in [-0.39, 0.29) is 18.0 Å². The fourth-order valence-electron chi connectivity index (χ4n) is 3.67. The number of likely N-dealkylation sites (tertiary alicyclic amines) is 1. The van der Waals surface area contributed by atoms with E-state index in [1.807, 2.05) is 37.3 Å². The third kappa shape index (κ3) is 3.43. The molecule has 1 fully saturated rings. The van der Waals surface area contributed by atoms with Crippen LogP contribution in [0.15, 0.2) is 57.7 Å². The molecule has 0 saturated carbocycles. The number of thiophene rings is 1. The van der Waals surface area contributed by atoms with Gasteiger partial charge in [-0.15, -0.1) is 0 Å². The van der Waals surface area contributed by atoms with Gasteiger partial charge in [0.05, 0.1) is 0 Å². The quantitative estimate of drug-likeness (QED) is 0.718. The molecule has 0 bridgehead atoms. The second kappa shape index (κ2) is 7.43. The highest BCUT2D eigenvalue weighted by Crippen LogP contribution is 2.39. The van der Waals surface area contributed by atoms with Crippen LogP contribution in [0.25, 0.3) is 0 Å². The Kier molecular flexibility index (Phi) is 4.86. The Bertz CT molecular complexity index is 860. The summed E-state index contributed by atoms with van der Waals surface area (Å²) in [5.74, 6) is 1.06. The molecule has 1 aromatic carbocycles. The minimum Gasteiger partial charge on any atom is -0.360 e. The van der Waals surface area contributed by atoms with Crippen LogP contribution < -0.4 is 5.32 Å². The summed E-state index contributed by atoms with van der Waals surface area (Å²) in [6, 6.07) is 13.8. The van der Waals surface area contributed by atoms with E-state index in [1.54, 1.807) is 17.4 Å². The first kappa shape index (κ1) is 17.0. The second-order valence-corrected chi connectivity index (χ2v) is 7.36. The predicted molar refractivity (Wildman–Crippen MR) is 102 cm³/mol. The lowest BCUT2D eigenvalue weighted by Crippen LogP contribution is -2.37. The molecule has 1 N–H and O–H groups in total. The number of carbonyl (C=O) groups excluding carboxylic acids is 1. The fraction of sp³-hybridized carbons (Fsp3) is 0.300. The summed E-state index contributed by atoms with van der Waals surface area (Å²) < 4.78 is 5.08. The number of hydrogen-bond acceptors (Lipinski definition) is 5. The Morgan fingerprint density at radius 3 is 2.88 bits per heavy atom. The van der Waals surface area contributed by atoms with Crippen molar-refractivity contribution in [2.24, 2.45) is 0 Å². The van der Waals surface area contributed by atoms with Crippen molar-refractivity contribution >= 4 is 23.1 Å². The van der Waals surface area contributed by atoms with Crippen molar-refractivity contribution in [2.45, 2.75) is 31.8 Å². The first-order valence-corrected chi connectivity index (χ1v) is 9.73. The third-order valence-corrected chi connectivity index (χ3v) is 5.50. The zero-order chi connectivity index (χ0) is 17.9. The van der Waals surface area contributed by atoms with Crippen molar-refractivity contribution in [1.82, 2.24) is 10.1 Å². The summed E-state index contributed by atoms with van der Waals surface area (Å²) in [4.78, 5) is 15.5. The molecule has 26 heavy (non-hydrogen) atoms. The summed E-state index contributed by atoms with van der Waals surface area (Å²) in [5, 5.41) is 11.1. The molecule has 0 aliphatic carbocycles. The van der Waals surface area contributed by atoms with E-state index in [2.05, 4.69) is 32.2 Å². The van der Waals surface area contributed by atoms with E-state index in [9.17, 15) is 4.79 Å². The van der Waals surface area contributed by atoms with Gasteiger partial charge in [-0.25, -0.2) is 0 Å². The highest BCUT2D eigenvalue weighted by molar-refractivity contribution is 7.07. The Balaban J connectivity index is 1.65. The number of anilines is 1. The summed E-state index contributed by atoms with van der Waals surface area (Å²) in [5.41, 5.74) is 2.28. The number of carbonyl (C=O) groups is 1. The normalized spacial score (nSPS) is 18.7. The van der Waals surface area contributed by atoms with Gasteiger partial charge in [-0.1, -0.05) is 35.5 Å². The number of rotatable bonds is 5. The maximum Gasteiger partial charge on any atom is 0.247 e. The number of aryl methyl sites for hydroxylation is 1. The number of aromatic nitrogens is 1. The van der Waals surface area contributed by atoms with Crippen molar-refractivity contribution < 1.29 is 9.32 Å². The van der Waals surface area contributed by atoms with E-state index >= 15 is 0 Å². The summed E-state index contributed by atoms with van der Waals surface area (Å²) >= 11 is 1.70. The van der Waals surface area contributed by atoms with Gasteiger partial charge in [-0.05, 0) is 54.3 Å². The molecule has 5 nitrogen and oxygen atoms in total. The molecule has 3 heterocycles. The van der Waals surface area contributed by atoms with Gasteiger partial charge in [0.25, 0.3) is 0 Å². The highest BCUT2D eigenvalue weighted by Gasteiger charge is 2.37. The monoisotopic (exact) mass is 367 g/mol. The van der Waals surface area contributed by atoms with E-state index in [1.165, 1.54) is 5.56 Å². The summed E-state index contributed by atoms with van der Waals surface area (Å²) in [6.07, 6.45) is 2.15. The molecular weight excluding hydrogens is 346 g/mol. The molecule has 134 valence electrons. The first-order chi connectivity index (χ1) is 12.7. The largest absolute Gasteiger partial charge is 0.360 e. The van der Waals surface area contributed by atoms with E-state index in [0.29, 0.717) is 11.6 Å². The van der Waals surface area contributed by atoms with Crippen LogP contribution in [0.5, 0.6) is 0 Å². The summed E-state index contributed by atoms with van der Waals surface area (Å²) in [7, 11) is 0. The highest BCUT2D eigenvalue weighted by atomic mass is 32.1. The molecule has 1 amide bonds. The van der Waals surface area contributed by atoms with Crippen LogP contribution in [0.4, 0.5) is 5.82 Å². The second-order valence-electron chi connectivity index (χ2n) is 6.58. The zero-order valence-electron chi connectivity index (χ0n) is 14.6. The topological polar surface area (TPSA) is 58.4 Å². The van der Waals surface area contributed by atoms with Gasteiger partial charge in [0.2, 0.25) is 5.91 Å². The lowest BCUT2D eigenvalue weighted by Gasteiger charge is -2.32. The van der Waals surface area contributed by atoms with Gasteiger partial charge < -0.3 is 9.84 Å². The Hall–Kier alpha value is -2.44. The van der Waals surface area contributed by atoms with Crippen LogP contribution in [0.2, 0.25) is 0 Å². The van der Waals surface area contributed by atoms with Crippen molar-refractivity contribution in [3.05, 3.63) is 70.1 Å². The van der Waals surface area contributed by atoms with Crippen molar-refractivity contribution in [3.63, 3.8) is 0 Å². The molecule has 2 aromatic heterocycles. The van der Waals surface area contributed by atoms with Gasteiger partial charge in [0, 0.05) is 12.1 Å². The number of hydrogen-bond donors (Lipinski definition) is 1. The molecule has 4 rings (SSSR count). The Labute approximate surface area is 156 Å². The van der Waals surface area contributed by atoms with Crippen LogP contribution in [0.3, 0.4) is 0 Å². The standard InChI is InChI=1S/C20H21N3O2S/c1-14-12-18(22-25-14)21-20(24)19(15-6-3-2-4-7-15)23-10-5-8-17(23)16-9-11-26-13-16/h2-4,6-7,9,11-13,17,19H,5,8,10H2,1H3,(H,21,22,24)/t17-,19-/m0/s1. The average Bonchev–Trinajstić information content (AvgIpc) is 3.38. The number of nitrogens with zero attached hydrogens (tertiary/aromatic N) is 2. The molecule has 0 radical (unpaired) electrons. The van der Waals surface area contributed by atoms with Crippen molar-refractivity contribution in [3.8, 4) is 0 Å². The number of amides is 1. The Morgan fingerprint density at radius 2 is 2.19 bits per heavy atom. The van der Waals surface area contributed by atoms with E-state index in [4.69, 9.17) is 4.52 Å². The maximum absolute atomic E-state index is 13.2. The Morgan fingerprint density at radius 1 is 1.35 bits per heavy atom. The lowest BCUT2D eigenvalue weighted by atomic mass is 10.0. The molecule has 1 saturated heterocycles. The number of benzene rings is 1. The van der Waals surface area contributed by atoms with Crippen LogP contribution in [0, 0.1) is 6.92 Å². The molecule has 6 heteroatoms. The van der Waals surface area contributed by atoms with Crippen molar-refractivity contribution in [2.75, 3.05) is 11.9 Å². The molecule has 0 unspecified atom stereocenters. The average molecular weight is 367 g/mol. The van der Waals surface area contributed by atoms with E-state index < -0.39 is 0 Å². The maximum atomic E-state index is 13.2. The van der Waals surface area contributed by atoms with Crippen LogP contribution in [-0.2, 0) is 4.79 Å². The molecule has 3 aromatic rings.